The van der Waals surface area contributed by atoms with Crippen molar-refractivity contribution in [3.05, 3.63) is 23.3 Å². The van der Waals surface area contributed by atoms with Gasteiger partial charge in [0.1, 0.15) is 0 Å². The fourth-order valence-corrected chi connectivity index (χ4v) is 9.33. The van der Waals surface area contributed by atoms with Crippen LogP contribution in [0.15, 0.2) is 23.3 Å². The van der Waals surface area contributed by atoms with Crippen molar-refractivity contribution in [2.24, 2.45) is 38.9 Å². The molecule has 0 spiro atoms. The molecule has 0 bridgehead atoms. The first kappa shape index (κ1) is 22.7. The van der Waals surface area contributed by atoms with Crippen molar-refractivity contribution < 1.29 is 0 Å². The van der Waals surface area contributed by atoms with Gasteiger partial charge >= 0.3 is 0 Å². The Balaban J connectivity index is 1.62. The molecule has 30 heavy (non-hydrogen) atoms. The van der Waals surface area contributed by atoms with E-state index in [4.69, 9.17) is 0 Å². The third kappa shape index (κ3) is 3.38. The number of allylic oxidation sites excluding steroid dienone is 4. The SMILES string of the molecule is CC(C)=CCCC1(C)CCC2(C)C3=CCC4C(C)(C)CCCC4(C)C3CCC2(C)C1. The summed E-state index contributed by atoms with van der Waals surface area (Å²) in [6.45, 7) is 20.3. The van der Waals surface area contributed by atoms with Gasteiger partial charge in [0.25, 0.3) is 0 Å². The number of rotatable bonds is 3. The molecule has 0 aromatic rings. The van der Waals surface area contributed by atoms with Crippen LogP contribution in [-0.2, 0) is 0 Å². The molecule has 6 atom stereocenters. The molecule has 4 rings (SSSR count). The summed E-state index contributed by atoms with van der Waals surface area (Å²) in [4.78, 5) is 0. The highest BCUT2D eigenvalue weighted by Crippen LogP contribution is 2.72. The Kier molecular flexibility index (Phi) is 5.47. The van der Waals surface area contributed by atoms with Crippen molar-refractivity contribution in [3.8, 4) is 0 Å². The maximum absolute atomic E-state index is 2.80. The number of fused-ring (bicyclic) bond motifs is 5. The van der Waals surface area contributed by atoms with E-state index in [2.05, 4.69) is 67.5 Å². The second kappa shape index (κ2) is 7.25. The lowest BCUT2D eigenvalue weighted by Crippen LogP contribution is -2.57. The van der Waals surface area contributed by atoms with Crippen molar-refractivity contribution in [2.75, 3.05) is 0 Å². The Labute approximate surface area is 188 Å². The molecule has 0 aromatic carbocycles. The zero-order chi connectivity index (χ0) is 22.0. The van der Waals surface area contributed by atoms with E-state index in [9.17, 15) is 0 Å². The van der Waals surface area contributed by atoms with Gasteiger partial charge in [0.05, 0.1) is 0 Å². The molecule has 6 unspecified atom stereocenters. The standard InChI is InChI=1S/C30H50/c1-22(2)11-9-16-27(5)19-20-30(8)24-12-13-25-26(3,4)15-10-17-29(25,7)23(24)14-18-28(30,6)21-27/h11-12,23,25H,9-10,13-21H2,1-8H3. The quantitative estimate of drug-likeness (QED) is 0.406. The first-order chi connectivity index (χ1) is 13.9. The minimum absolute atomic E-state index is 0.432. The topological polar surface area (TPSA) is 0 Å². The second-order valence-electron chi connectivity index (χ2n) is 14.1. The van der Waals surface area contributed by atoms with Crippen LogP contribution in [0, 0.1) is 38.9 Å². The lowest BCUT2D eigenvalue weighted by Gasteiger charge is -2.67. The Morgan fingerprint density at radius 2 is 1.70 bits per heavy atom. The van der Waals surface area contributed by atoms with Gasteiger partial charge in [-0.2, -0.15) is 0 Å². The smallest absolute Gasteiger partial charge is 0.00592 e. The van der Waals surface area contributed by atoms with Crippen LogP contribution in [0.25, 0.3) is 0 Å². The summed E-state index contributed by atoms with van der Waals surface area (Å²) in [7, 11) is 0. The van der Waals surface area contributed by atoms with Crippen LogP contribution >= 0.6 is 0 Å². The van der Waals surface area contributed by atoms with E-state index in [1.54, 1.807) is 0 Å². The lowest BCUT2D eigenvalue weighted by atomic mass is 9.38. The molecule has 0 N–H and O–H groups in total. The van der Waals surface area contributed by atoms with Crippen molar-refractivity contribution >= 4 is 0 Å². The van der Waals surface area contributed by atoms with E-state index >= 15 is 0 Å². The maximum atomic E-state index is 2.80. The summed E-state index contributed by atoms with van der Waals surface area (Å²) in [5, 5.41) is 0. The third-order valence-corrected chi connectivity index (χ3v) is 11.3. The van der Waals surface area contributed by atoms with Crippen LogP contribution < -0.4 is 0 Å². The Morgan fingerprint density at radius 3 is 2.40 bits per heavy atom. The Morgan fingerprint density at radius 1 is 0.967 bits per heavy atom. The molecule has 0 heteroatoms. The van der Waals surface area contributed by atoms with Crippen LogP contribution in [0.4, 0.5) is 0 Å². The van der Waals surface area contributed by atoms with E-state index in [0.29, 0.717) is 27.1 Å². The van der Waals surface area contributed by atoms with Crippen LogP contribution in [0.3, 0.4) is 0 Å². The largest absolute Gasteiger partial charge is 0.0859 e. The molecule has 3 saturated carbocycles. The van der Waals surface area contributed by atoms with E-state index in [0.717, 1.165) is 11.8 Å². The van der Waals surface area contributed by atoms with Gasteiger partial charge in [-0.3, -0.25) is 0 Å². The molecule has 0 heterocycles. The van der Waals surface area contributed by atoms with E-state index < -0.39 is 0 Å². The molecule has 0 aromatic heterocycles. The number of hydrogen-bond donors (Lipinski definition) is 0. The van der Waals surface area contributed by atoms with Crippen LogP contribution in [-0.4, -0.2) is 0 Å². The predicted octanol–water partition coefficient (Wildman–Crippen LogP) is 9.51. The van der Waals surface area contributed by atoms with Gasteiger partial charge in [0.15, 0.2) is 0 Å². The maximum Gasteiger partial charge on any atom is -0.00592 e. The van der Waals surface area contributed by atoms with E-state index in [-0.39, 0.29) is 0 Å². The highest BCUT2D eigenvalue weighted by Gasteiger charge is 2.62. The number of hydrogen-bond acceptors (Lipinski definition) is 0. The average Bonchev–Trinajstić information content (AvgIpc) is 2.62. The molecule has 0 saturated heterocycles. The van der Waals surface area contributed by atoms with Gasteiger partial charge < -0.3 is 0 Å². The highest BCUT2D eigenvalue weighted by atomic mass is 14.7. The van der Waals surface area contributed by atoms with Gasteiger partial charge in [-0.25, -0.2) is 0 Å². The fourth-order valence-electron chi connectivity index (χ4n) is 9.33. The first-order valence-electron chi connectivity index (χ1n) is 13.2. The minimum Gasteiger partial charge on any atom is -0.0859 e. The summed E-state index contributed by atoms with van der Waals surface area (Å²) in [6, 6.07) is 0. The molecular formula is C30H50. The summed E-state index contributed by atoms with van der Waals surface area (Å²) in [5.74, 6) is 1.74. The summed E-state index contributed by atoms with van der Waals surface area (Å²) in [6.07, 6.45) is 20.8. The zero-order valence-electron chi connectivity index (χ0n) is 21.6. The molecule has 0 radical (unpaired) electrons. The normalized spacial score (nSPS) is 47.4. The monoisotopic (exact) mass is 410 g/mol. The van der Waals surface area contributed by atoms with Gasteiger partial charge in [-0.15, -0.1) is 0 Å². The van der Waals surface area contributed by atoms with Gasteiger partial charge in [0, 0.05) is 0 Å². The molecule has 0 aliphatic heterocycles. The van der Waals surface area contributed by atoms with Crippen molar-refractivity contribution in [1.82, 2.24) is 0 Å². The van der Waals surface area contributed by atoms with Crippen LogP contribution in [0.2, 0.25) is 0 Å². The first-order valence-corrected chi connectivity index (χ1v) is 13.2. The van der Waals surface area contributed by atoms with Gasteiger partial charge in [0.2, 0.25) is 0 Å². The molecule has 0 amide bonds. The minimum atomic E-state index is 0.432. The summed E-state index contributed by atoms with van der Waals surface area (Å²) >= 11 is 0. The summed E-state index contributed by atoms with van der Waals surface area (Å²) < 4.78 is 0. The molecule has 3 fully saturated rings. The van der Waals surface area contributed by atoms with E-state index in [1.807, 2.05) is 5.57 Å². The van der Waals surface area contributed by atoms with Crippen molar-refractivity contribution in [3.63, 3.8) is 0 Å². The molecule has 0 nitrogen and oxygen atoms in total. The predicted molar refractivity (Wildman–Crippen MR) is 131 cm³/mol. The molecule has 4 aliphatic rings. The Hall–Kier alpha value is -0.520. The average molecular weight is 411 g/mol. The summed E-state index contributed by atoms with van der Waals surface area (Å²) in [5.41, 5.74) is 5.91. The van der Waals surface area contributed by atoms with Gasteiger partial charge in [-0.1, -0.05) is 71.3 Å². The van der Waals surface area contributed by atoms with Crippen molar-refractivity contribution in [1.29, 1.82) is 0 Å². The fraction of sp³-hybridized carbons (Fsp3) is 0.867. The van der Waals surface area contributed by atoms with Crippen LogP contribution in [0.5, 0.6) is 0 Å². The lowest BCUT2D eigenvalue weighted by molar-refractivity contribution is -0.107. The highest BCUT2D eigenvalue weighted by molar-refractivity contribution is 5.32. The third-order valence-electron chi connectivity index (χ3n) is 11.3. The zero-order valence-corrected chi connectivity index (χ0v) is 21.6. The van der Waals surface area contributed by atoms with Crippen molar-refractivity contribution in [2.45, 2.75) is 126 Å². The Bertz CT molecular complexity index is 733. The molecule has 170 valence electrons. The van der Waals surface area contributed by atoms with Gasteiger partial charge in [-0.05, 0) is 117 Å². The van der Waals surface area contributed by atoms with Crippen LogP contribution in [0.1, 0.15) is 126 Å². The molecular weight excluding hydrogens is 360 g/mol. The second-order valence-corrected chi connectivity index (χ2v) is 14.1. The molecule has 4 aliphatic carbocycles. The van der Waals surface area contributed by atoms with E-state index in [1.165, 1.54) is 76.2 Å².